The lowest BCUT2D eigenvalue weighted by Crippen LogP contribution is -2.56. The van der Waals surface area contributed by atoms with E-state index in [-0.39, 0.29) is 29.7 Å². The van der Waals surface area contributed by atoms with Gasteiger partial charge in [0.05, 0.1) is 11.7 Å². The molecule has 194 valence electrons. The third kappa shape index (κ3) is 6.82. The van der Waals surface area contributed by atoms with Crippen LogP contribution in [-0.2, 0) is 27.2 Å². The van der Waals surface area contributed by atoms with E-state index in [1.807, 2.05) is 29.6 Å². The number of nitrogens with zero attached hydrogens (tertiary/aromatic N) is 2. The first kappa shape index (κ1) is 26.1. The van der Waals surface area contributed by atoms with Crippen LogP contribution in [-0.4, -0.2) is 72.5 Å². The molecule has 3 heterocycles. The van der Waals surface area contributed by atoms with Gasteiger partial charge in [-0.25, -0.2) is 0 Å². The summed E-state index contributed by atoms with van der Waals surface area (Å²) in [6.45, 7) is 3.05. The summed E-state index contributed by atoms with van der Waals surface area (Å²) < 4.78 is 5.98. The Balaban J connectivity index is 1.53. The normalized spacial score (nSPS) is 25.1. The molecule has 0 unspecified atom stereocenters. The molecule has 1 aliphatic heterocycles. The maximum Gasteiger partial charge on any atom is 0.243 e. The Morgan fingerprint density at radius 2 is 1.97 bits per heavy atom. The lowest BCUT2D eigenvalue weighted by molar-refractivity contribution is -0.141. The van der Waals surface area contributed by atoms with Gasteiger partial charge in [0.1, 0.15) is 24.4 Å². The standard InChI is InChI=1S/C26H35N5O4S/c1-17-24(32)30-21(16-19-6-5-15-36-19)25(33)29-12-3-7-20-22(8-4-11-27-20)35-14-13-28-23(18-9-10-18)26(34)31(17)2/h4-6,8,11,15,17-18,21,23,28H,3,7,9-10,12-14,16H2,1-2H3,(H,29,33)(H,30,32)/t17-,21-,23+/m1/s1. The first-order valence-corrected chi connectivity index (χ1v) is 13.5. The van der Waals surface area contributed by atoms with Gasteiger partial charge in [-0.15, -0.1) is 11.3 Å². The van der Waals surface area contributed by atoms with E-state index in [4.69, 9.17) is 4.74 Å². The van der Waals surface area contributed by atoms with E-state index >= 15 is 0 Å². The van der Waals surface area contributed by atoms with Gasteiger partial charge >= 0.3 is 0 Å². The van der Waals surface area contributed by atoms with Crippen molar-refractivity contribution in [2.45, 2.75) is 57.2 Å². The van der Waals surface area contributed by atoms with Crippen molar-refractivity contribution in [1.82, 2.24) is 25.8 Å². The van der Waals surface area contributed by atoms with E-state index in [1.54, 1.807) is 31.5 Å². The van der Waals surface area contributed by atoms with Crippen LogP contribution in [0.2, 0.25) is 0 Å². The summed E-state index contributed by atoms with van der Waals surface area (Å²) in [6, 6.07) is 5.79. The fourth-order valence-corrected chi connectivity index (χ4v) is 5.06. The van der Waals surface area contributed by atoms with Gasteiger partial charge in [0.2, 0.25) is 17.7 Å². The number of thiophene rings is 1. The van der Waals surface area contributed by atoms with Crippen molar-refractivity contribution in [3.05, 3.63) is 46.4 Å². The number of fused-ring (bicyclic) bond motifs is 1. The Labute approximate surface area is 216 Å². The molecule has 10 heteroatoms. The van der Waals surface area contributed by atoms with Gasteiger partial charge in [0, 0.05) is 37.6 Å². The molecule has 3 amide bonds. The van der Waals surface area contributed by atoms with Gasteiger partial charge in [0.15, 0.2) is 0 Å². The van der Waals surface area contributed by atoms with Gasteiger partial charge in [-0.05, 0) is 62.1 Å². The Morgan fingerprint density at radius 3 is 2.72 bits per heavy atom. The molecular weight excluding hydrogens is 478 g/mol. The molecule has 3 atom stereocenters. The van der Waals surface area contributed by atoms with Gasteiger partial charge < -0.3 is 25.6 Å². The number of amides is 3. The summed E-state index contributed by atoms with van der Waals surface area (Å²) in [5.74, 6) is 0.262. The quantitative estimate of drug-likeness (QED) is 0.574. The van der Waals surface area contributed by atoms with E-state index in [0.29, 0.717) is 39.0 Å². The fraction of sp³-hybridized carbons (Fsp3) is 0.538. The smallest absolute Gasteiger partial charge is 0.243 e. The molecule has 2 aromatic rings. The summed E-state index contributed by atoms with van der Waals surface area (Å²) in [5.41, 5.74) is 0.833. The fourth-order valence-electron chi connectivity index (χ4n) is 4.31. The zero-order valence-corrected chi connectivity index (χ0v) is 21.7. The minimum atomic E-state index is -0.730. The molecule has 2 aliphatic rings. The lowest BCUT2D eigenvalue weighted by atomic mass is 10.1. The number of hydrogen-bond acceptors (Lipinski definition) is 7. The Bertz CT molecular complexity index is 1040. The van der Waals surface area contributed by atoms with Crippen molar-refractivity contribution < 1.29 is 19.1 Å². The van der Waals surface area contributed by atoms with E-state index in [9.17, 15) is 14.4 Å². The highest BCUT2D eigenvalue weighted by molar-refractivity contribution is 7.09. The molecule has 0 spiro atoms. The van der Waals surface area contributed by atoms with Crippen LogP contribution >= 0.6 is 11.3 Å². The maximum absolute atomic E-state index is 13.3. The van der Waals surface area contributed by atoms with Crippen molar-refractivity contribution >= 4 is 29.1 Å². The largest absolute Gasteiger partial charge is 0.490 e. The summed E-state index contributed by atoms with van der Waals surface area (Å²) in [6.07, 6.45) is 5.43. The molecule has 36 heavy (non-hydrogen) atoms. The molecule has 1 aliphatic carbocycles. The number of carbonyl (C=O) groups is 3. The number of nitrogens with one attached hydrogen (secondary N) is 3. The molecule has 2 aromatic heterocycles. The molecular formula is C26H35N5O4S. The third-order valence-corrected chi connectivity index (χ3v) is 7.65. The minimum absolute atomic E-state index is 0.123. The number of rotatable bonds is 3. The molecule has 0 saturated heterocycles. The molecule has 0 bridgehead atoms. The minimum Gasteiger partial charge on any atom is -0.490 e. The van der Waals surface area contributed by atoms with Gasteiger partial charge in [-0.3, -0.25) is 19.4 Å². The SMILES string of the molecule is C[C@@H]1C(=O)N[C@H](Cc2cccs2)C(=O)NCCCc2ncccc2OCCN[C@@H](C2CC2)C(=O)N1C. The van der Waals surface area contributed by atoms with Gasteiger partial charge in [-0.2, -0.15) is 0 Å². The van der Waals surface area contributed by atoms with Crippen molar-refractivity contribution in [1.29, 1.82) is 0 Å². The number of carbonyl (C=O) groups excluding carboxylic acids is 3. The number of pyridine rings is 1. The summed E-state index contributed by atoms with van der Waals surface area (Å²) in [5, 5.41) is 11.1. The Hall–Kier alpha value is -2.98. The average molecular weight is 514 g/mol. The van der Waals surface area contributed by atoms with E-state index in [0.717, 1.165) is 29.2 Å². The summed E-state index contributed by atoms with van der Waals surface area (Å²) >= 11 is 1.54. The van der Waals surface area contributed by atoms with Crippen LogP contribution < -0.4 is 20.7 Å². The Kier molecular flexibility index (Phi) is 8.93. The first-order chi connectivity index (χ1) is 17.4. The Morgan fingerprint density at radius 1 is 1.14 bits per heavy atom. The number of aromatic nitrogens is 1. The molecule has 3 N–H and O–H groups in total. The lowest BCUT2D eigenvalue weighted by Gasteiger charge is -2.30. The molecule has 0 radical (unpaired) electrons. The predicted octanol–water partition coefficient (Wildman–Crippen LogP) is 1.53. The van der Waals surface area contributed by atoms with Crippen LogP contribution in [0.5, 0.6) is 5.75 Å². The second-order valence-corrected chi connectivity index (χ2v) is 10.5. The van der Waals surface area contributed by atoms with Crippen LogP contribution in [0, 0.1) is 5.92 Å². The van der Waals surface area contributed by atoms with Crippen LogP contribution in [0.15, 0.2) is 35.8 Å². The van der Waals surface area contributed by atoms with Crippen LogP contribution in [0.4, 0.5) is 0 Å². The molecule has 1 saturated carbocycles. The predicted molar refractivity (Wildman–Crippen MR) is 138 cm³/mol. The molecule has 9 nitrogen and oxygen atoms in total. The van der Waals surface area contributed by atoms with Crippen LogP contribution in [0.3, 0.4) is 0 Å². The van der Waals surface area contributed by atoms with Crippen molar-refractivity contribution in [2.24, 2.45) is 5.92 Å². The zero-order valence-electron chi connectivity index (χ0n) is 20.9. The summed E-state index contributed by atoms with van der Waals surface area (Å²) in [7, 11) is 1.65. The van der Waals surface area contributed by atoms with E-state index < -0.39 is 12.1 Å². The highest BCUT2D eigenvalue weighted by Gasteiger charge is 2.39. The molecule has 0 aromatic carbocycles. The number of likely N-dealkylation sites (N-methyl/N-ethyl adjacent to an activating group) is 1. The highest BCUT2D eigenvalue weighted by Crippen LogP contribution is 2.33. The first-order valence-electron chi connectivity index (χ1n) is 12.6. The second-order valence-electron chi connectivity index (χ2n) is 9.43. The molecule has 1 fully saturated rings. The van der Waals surface area contributed by atoms with Crippen molar-refractivity contribution in [3.63, 3.8) is 0 Å². The van der Waals surface area contributed by atoms with Gasteiger partial charge in [-0.1, -0.05) is 6.07 Å². The number of hydrogen-bond donors (Lipinski definition) is 3. The second kappa shape index (κ2) is 12.3. The van der Waals surface area contributed by atoms with Crippen LogP contribution in [0.1, 0.15) is 36.8 Å². The highest BCUT2D eigenvalue weighted by atomic mass is 32.1. The van der Waals surface area contributed by atoms with E-state index in [1.165, 1.54) is 4.90 Å². The third-order valence-electron chi connectivity index (χ3n) is 6.75. The van der Waals surface area contributed by atoms with E-state index in [2.05, 4.69) is 20.9 Å². The zero-order chi connectivity index (χ0) is 25.5. The average Bonchev–Trinajstić information content (AvgIpc) is 3.59. The maximum atomic E-state index is 13.3. The number of aryl methyl sites for hydroxylation is 1. The topological polar surface area (TPSA) is 113 Å². The van der Waals surface area contributed by atoms with Crippen LogP contribution in [0.25, 0.3) is 0 Å². The molecule has 4 rings (SSSR count). The van der Waals surface area contributed by atoms with Crippen molar-refractivity contribution in [2.75, 3.05) is 26.7 Å². The van der Waals surface area contributed by atoms with Crippen molar-refractivity contribution in [3.8, 4) is 5.75 Å². The summed E-state index contributed by atoms with van der Waals surface area (Å²) in [4.78, 5) is 46.5. The monoisotopic (exact) mass is 513 g/mol. The number of ether oxygens (including phenoxy) is 1. The van der Waals surface area contributed by atoms with Gasteiger partial charge in [0.25, 0.3) is 0 Å².